The molecule has 1 heterocycles. The fraction of sp³-hybridized carbons (Fsp3) is 0.176. The van der Waals surface area contributed by atoms with E-state index < -0.39 is 0 Å². The summed E-state index contributed by atoms with van der Waals surface area (Å²) in [5.74, 6) is 0.507. The van der Waals surface area contributed by atoms with Crippen molar-refractivity contribution in [3.05, 3.63) is 59.5 Å². The molecule has 21 heavy (non-hydrogen) atoms. The molecule has 0 bridgehead atoms. The number of nitrogens with zero attached hydrogens (tertiary/aromatic N) is 1. The van der Waals surface area contributed by atoms with Gasteiger partial charge in [0.25, 0.3) is 5.91 Å². The molecule has 0 saturated heterocycles. The fourth-order valence-electron chi connectivity index (χ4n) is 2.37. The number of fused-ring (bicyclic) bond motifs is 1. The molecule has 0 atom stereocenters. The topological polar surface area (TPSA) is 55.1 Å². The average molecular weight is 280 g/mol. The predicted octanol–water partition coefficient (Wildman–Crippen LogP) is 3.95. The zero-order valence-electron chi connectivity index (χ0n) is 12.0. The van der Waals surface area contributed by atoms with E-state index in [4.69, 9.17) is 4.42 Å². The lowest BCUT2D eigenvalue weighted by molar-refractivity contribution is 0.102. The van der Waals surface area contributed by atoms with E-state index in [9.17, 15) is 4.79 Å². The van der Waals surface area contributed by atoms with E-state index in [0.29, 0.717) is 22.7 Å². The van der Waals surface area contributed by atoms with E-state index in [0.717, 1.165) is 17.5 Å². The van der Waals surface area contributed by atoms with Crippen molar-refractivity contribution >= 4 is 22.7 Å². The van der Waals surface area contributed by atoms with Crippen LogP contribution in [0.25, 0.3) is 11.1 Å². The first kappa shape index (κ1) is 13.4. The summed E-state index contributed by atoms with van der Waals surface area (Å²) in [5, 5.41) is 2.91. The molecule has 1 N–H and O–H groups in total. The second-order valence-corrected chi connectivity index (χ2v) is 4.88. The van der Waals surface area contributed by atoms with Crippen molar-refractivity contribution in [3.63, 3.8) is 0 Å². The van der Waals surface area contributed by atoms with Gasteiger partial charge in [0.2, 0.25) is 0 Å². The molecule has 0 aliphatic heterocycles. The van der Waals surface area contributed by atoms with Crippen LogP contribution in [-0.4, -0.2) is 10.9 Å². The number of hydrogen-bond acceptors (Lipinski definition) is 3. The molecule has 4 heteroatoms. The molecule has 1 amide bonds. The van der Waals surface area contributed by atoms with E-state index in [1.54, 1.807) is 13.0 Å². The van der Waals surface area contributed by atoms with Gasteiger partial charge in [-0.1, -0.05) is 25.1 Å². The quantitative estimate of drug-likeness (QED) is 0.790. The number of aromatic nitrogens is 1. The van der Waals surface area contributed by atoms with Gasteiger partial charge in [-0.05, 0) is 30.2 Å². The van der Waals surface area contributed by atoms with Gasteiger partial charge in [0.15, 0.2) is 11.5 Å². The summed E-state index contributed by atoms with van der Waals surface area (Å²) in [6.45, 7) is 3.84. The number of anilines is 1. The van der Waals surface area contributed by atoms with E-state index >= 15 is 0 Å². The Kier molecular flexibility index (Phi) is 3.44. The molecule has 0 radical (unpaired) electrons. The average Bonchev–Trinajstić information content (AvgIpc) is 2.86. The minimum absolute atomic E-state index is 0.108. The third kappa shape index (κ3) is 2.65. The zero-order chi connectivity index (χ0) is 14.8. The third-order valence-corrected chi connectivity index (χ3v) is 3.40. The second kappa shape index (κ2) is 5.40. The number of amides is 1. The Balaban J connectivity index is 1.88. The standard InChI is InChI=1S/C17H16N2O2/c1-3-12-6-4-5-7-14(12)17(20)19-13-8-9-15-16(10-13)21-11(2)18-15/h4-10H,3H2,1-2H3,(H,19,20). The summed E-state index contributed by atoms with van der Waals surface area (Å²) in [5.41, 5.74) is 3.91. The number of carbonyl (C=O) groups is 1. The van der Waals surface area contributed by atoms with Gasteiger partial charge in [0.05, 0.1) is 0 Å². The molecule has 0 aliphatic rings. The Bertz CT molecular complexity index is 805. The Hall–Kier alpha value is -2.62. The summed E-state index contributed by atoms with van der Waals surface area (Å²) in [4.78, 5) is 16.6. The summed E-state index contributed by atoms with van der Waals surface area (Å²) in [6, 6.07) is 13.1. The fourth-order valence-corrected chi connectivity index (χ4v) is 2.37. The van der Waals surface area contributed by atoms with Gasteiger partial charge < -0.3 is 9.73 Å². The smallest absolute Gasteiger partial charge is 0.255 e. The molecule has 2 aromatic carbocycles. The minimum Gasteiger partial charge on any atom is -0.441 e. The van der Waals surface area contributed by atoms with Crippen LogP contribution in [0, 0.1) is 6.92 Å². The highest BCUT2D eigenvalue weighted by atomic mass is 16.3. The van der Waals surface area contributed by atoms with Gasteiger partial charge in [-0.2, -0.15) is 0 Å². The highest BCUT2D eigenvalue weighted by molar-refractivity contribution is 6.05. The lowest BCUT2D eigenvalue weighted by Gasteiger charge is -2.08. The van der Waals surface area contributed by atoms with Crippen LogP contribution in [0.2, 0.25) is 0 Å². The first-order valence-corrected chi connectivity index (χ1v) is 6.94. The second-order valence-electron chi connectivity index (χ2n) is 4.88. The monoisotopic (exact) mass is 280 g/mol. The summed E-state index contributed by atoms with van der Waals surface area (Å²) >= 11 is 0. The third-order valence-electron chi connectivity index (χ3n) is 3.40. The highest BCUT2D eigenvalue weighted by Crippen LogP contribution is 2.21. The van der Waals surface area contributed by atoms with Crippen molar-refractivity contribution in [1.82, 2.24) is 4.98 Å². The number of hydrogen-bond donors (Lipinski definition) is 1. The molecule has 0 aliphatic carbocycles. The summed E-state index contributed by atoms with van der Waals surface area (Å²) in [7, 11) is 0. The Labute approximate surface area is 122 Å². The van der Waals surface area contributed by atoms with Gasteiger partial charge in [-0.25, -0.2) is 4.98 Å². The van der Waals surface area contributed by atoms with Crippen LogP contribution in [-0.2, 0) is 6.42 Å². The number of nitrogens with one attached hydrogen (secondary N) is 1. The van der Waals surface area contributed by atoms with Gasteiger partial charge in [0, 0.05) is 24.2 Å². The van der Waals surface area contributed by atoms with Crippen molar-refractivity contribution in [1.29, 1.82) is 0 Å². The number of oxazole rings is 1. The van der Waals surface area contributed by atoms with Crippen molar-refractivity contribution < 1.29 is 9.21 Å². The first-order chi connectivity index (χ1) is 10.2. The summed E-state index contributed by atoms with van der Waals surface area (Å²) < 4.78 is 5.48. The zero-order valence-corrected chi connectivity index (χ0v) is 12.0. The van der Waals surface area contributed by atoms with Crippen LogP contribution >= 0.6 is 0 Å². The van der Waals surface area contributed by atoms with E-state index in [2.05, 4.69) is 10.3 Å². The van der Waals surface area contributed by atoms with E-state index in [-0.39, 0.29) is 5.91 Å². The summed E-state index contributed by atoms with van der Waals surface area (Å²) in [6.07, 6.45) is 0.823. The molecule has 0 spiro atoms. The van der Waals surface area contributed by atoms with Crippen molar-refractivity contribution in [2.75, 3.05) is 5.32 Å². The molecule has 1 aromatic heterocycles. The Morgan fingerprint density at radius 3 is 2.86 bits per heavy atom. The van der Waals surface area contributed by atoms with Crippen molar-refractivity contribution in [3.8, 4) is 0 Å². The maximum absolute atomic E-state index is 12.4. The van der Waals surface area contributed by atoms with Crippen LogP contribution in [0.3, 0.4) is 0 Å². The van der Waals surface area contributed by atoms with Crippen LogP contribution in [0.1, 0.15) is 28.7 Å². The maximum Gasteiger partial charge on any atom is 0.255 e. The van der Waals surface area contributed by atoms with Gasteiger partial charge in [0.1, 0.15) is 5.52 Å². The van der Waals surface area contributed by atoms with Gasteiger partial charge in [-0.3, -0.25) is 4.79 Å². The van der Waals surface area contributed by atoms with Crippen LogP contribution in [0.4, 0.5) is 5.69 Å². The Morgan fingerprint density at radius 1 is 1.24 bits per heavy atom. The lowest BCUT2D eigenvalue weighted by atomic mass is 10.0. The van der Waals surface area contributed by atoms with Crippen LogP contribution in [0.5, 0.6) is 0 Å². The number of aryl methyl sites for hydroxylation is 2. The van der Waals surface area contributed by atoms with Gasteiger partial charge >= 0.3 is 0 Å². The largest absolute Gasteiger partial charge is 0.441 e. The van der Waals surface area contributed by atoms with Crippen LogP contribution < -0.4 is 5.32 Å². The van der Waals surface area contributed by atoms with E-state index in [1.807, 2.05) is 43.3 Å². The first-order valence-electron chi connectivity index (χ1n) is 6.94. The van der Waals surface area contributed by atoms with Gasteiger partial charge in [-0.15, -0.1) is 0 Å². The van der Waals surface area contributed by atoms with E-state index in [1.165, 1.54) is 0 Å². The molecule has 3 aromatic rings. The molecule has 0 unspecified atom stereocenters. The number of rotatable bonds is 3. The maximum atomic E-state index is 12.4. The molecule has 3 rings (SSSR count). The number of benzene rings is 2. The van der Waals surface area contributed by atoms with Crippen molar-refractivity contribution in [2.45, 2.75) is 20.3 Å². The van der Waals surface area contributed by atoms with Crippen molar-refractivity contribution in [2.24, 2.45) is 0 Å². The SMILES string of the molecule is CCc1ccccc1C(=O)Nc1ccc2nc(C)oc2c1. The molecule has 0 fully saturated rings. The molecule has 4 nitrogen and oxygen atoms in total. The normalized spacial score (nSPS) is 10.8. The lowest BCUT2D eigenvalue weighted by Crippen LogP contribution is -2.13. The molecular weight excluding hydrogens is 264 g/mol. The molecule has 0 saturated carbocycles. The Morgan fingerprint density at radius 2 is 2.05 bits per heavy atom. The molecular formula is C17H16N2O2. The minimum atomic E-state index is -0.108. The number of carbonyl (C=O) groups excluding carboxylic acids is 1. The molecule has 106 valence electrons. The highest BCUT2D eigenvalue weighted by Gasteiger charge is 2.11. The predicted molar refractivity (Wildman–Crippen MR) is 82.5 cm³/mol. The van der Waals surface area contributed by atoms with Crippen LogP contribution in [0.15, 0.2) is 46.9 Å².